The molecule has 0 N–H and O–H groups in total. The van der Waals surface area contributed by atoms with Crippen LogP contribution in [-0.2, 0) is 9.53 Å². The SMILES string of the molecule is CCN(CC)CCOC(=O)CC(C)C.Cl. The Morgan fingerprint density at radius 2 is 1.80 bits per heavy atom. The first-order valence-corrected chi connectivity index (χ1v) is 5.48. The van der Waals surface area contributed by atoms with Crippen LogP contribution in [0.25, 0.3) is 0 Å². The molecule has 3 nitrogen and oxygen atoms in total. The summed E-state index contributed by atoms with van der Waals surface area (Å²) in [5, 5.41) is 0. The molecular weight excluding hydrogens is 214 g/mol. The van der Waals surface area contributed by atoms with Crippen molar-refractivity contribution in [2.24, 2.45) is 5.92 Å². The van der Waals surface area contributed by atoms with E-state index in [4.69, 9.17) is 4.74 Å². The summed E-state index contributed by atoms with van der Waals surface area (Å²) in [6.07, 6.45) is 0.526. The molecule has 92 valence electrons. The van der Waals surface area contributed by atoms with Gasteiger partial charge in [-0.3, -0.25) is 4.79 Å². The normalized spacial score (nSPS) is 10.3. The molecule has 0 aliphatic heterocycles. The summed E-state index contributed by atoms with van der Waals surface area (Å²) in [4.78, 5) is 13.4. The predicted molar refractivity (Wildman–Crippen MR) is 65.5 cm³/mol. The van der Waals surface area contributed by atoms with Gasteiger partial charge in [-0.2, -0.15) is 0 Å². The topological polar surface area (TPSA) is 29.5 Å². The molecule has 0 amide bonds. The second kappa shape index (κ2) is 10.2. The molecule has 0 aliphatic rings. The highest BCUT2D eigenvalue weighted by Gasteiger charge is 2.06. The molecule has 0 unspecified atom stereocenters. The Bertz CT molecular complexity index is 159. The molecule has 0 spiro atoms. The minimum absolute atomic E-state index is 0. The van der Waals surface area contributed by atoms with Crippen LogP contribution < -0.4 is 0 Å². The molecule has 0 saturated heterocycles. The van der Waals surface area contributed by atoms with E-state index in [2.05, 4.69) is 18.7 Å². The molecule has 0 bridgehead atoms. The number of nitrogens with zero attached hydrogens (tertiary/aromatic N) is 1. The van der Waals surface area contributed by atoms with Crippen LogP contribution in [0, 0.1) is 5.92 Å². The highest BCUT2D eigenvalue weighted by atomic mass is 35.5. The molecule has 15 heavy (non-hydrogen) atoms. The Morgan fingerprint density at radius 1 is 1.27 bits per heavy atom. The van der Waals surface area contributed by atoms with Gasteiger partial charge in [-0.25, -0.2) is 0 Å². The van der Waals surface area contributed by atoms with Gasteiger partial charge in [0.25, 0.3) is 0 Å². The Balaban J connectivity index is 0. The van der Waals surface area contributed by atoms with Gasteiger partial charge >= 0.3 is 5.97 Å². The van der Waals surface area contributed by atoms with Gasteiger partial charge < -0.3 is 9.64 Å². The zero-order valence-electron chi connectivity index (χ0n) is 10.3. The van der Waals surface area contributed by atoms with Crippen molar-refractivity contribution in [2.75, 3.05) is 26.2 Å². The predicted octanol–water partition coefficient (Wildman–Crippen LogP) is 2.34. The smallest absolute Gasteiger partial charge is 0.306 e. The fraction of sp³-hybridized carbons (Fsp3) is 0.909. The van der Waals surface area contributed by atoms with Crippen molar-refractivity contribution in [1.29, 1.82) is 0 Å². The lowest BCUT2D eigenvalue weighted by Gasteiger charge is -2.17. The molecule has 0 rings (SSSR count). The van der Waals surface area contributed by atoms with E-state index in [0.717, 1.165) is 19.6 Å². The summed E-state index contributed by atoms with van der Waals surface area (Å²) in [6.45, 7) is 11.6. The first-order valence-electron chi connectivity index (χ1n) is 5.48. The Kier molecular flexibility index (Phi) is 11.7. The van der Waals surface area contributed by atoms with Crippen molar-refractivity contribution in [3.8, 4) is 0 Å². The van der Waals surface area contributed by atoms with Crippen molar-refractivity contribution in [2.45, 2.75) is 34.1 Å². The van der Waals surface area contributed by atoms with E-state index in [0.29, 0.717) is 18.9 Å². The van der Waals surface area contributed by atoms with Crippen molar-refractivity contribution in [3.05, 3.63) is 0 Å². The summed E-state index contributed by atoms with van der Waals surface area (Å²) >= 11 is 0. The van der Waals surface area contributed by atoms with Gasteiger partial charge in [-0.15, -0.1) is 12.4 Å². The first kappa shape index (κ1) is 17.1. The number of carbonyl (C=O) groups is 1. The van der Waals surface area contributed by atoms with Gasteiger partial charge in [0.15, 0.2) is 0 Å². The molecule has 0 aromatic rings. The third-order valence-electron chi connectivity index (χ3n) is 2.14. The quantitative estimate of drug-likeness (QED) is 0.637. The lowest BCUT2D eigenvalue weighted by molar-refractivity contribution is -0.144. The fourth-order valence-corrected chi connectivity index (χ4v) is 1.22. The molecule has 4 heteroatoms. The monoisotopic (exact) mass is 237 g/mol. The maximum Gasteiger partial charge on any atom is 0.306 e. The molecular formula is C11H24ClNO2. The van der Waals surface area contributed by atoms with E-state index in [9.17, 15) is 4.79 Å². The third-order valence-corrected chi connectivity index (χ3v) is 2.14. The molecule has 0 aromatic carbocycles. The fourth-order valence-electron chi connectivity index (χ4n) is 1.22. The zero-order valence-corrected chi connectivity index (χ0v) is 11.1. The number of ether oxygens (including phenoxy) is 1. The first-order chi connectivity index (χ1) is 6.60. The third kappa shape index (κ3) is 10.0. The molecule has 0 atom stereocenters. The Morgan fingerprint density at radius 3 is 2.20 bits per heavy atom. The highest BCUT2D eigenvalue weighted by molar-refractivity contribution is 5.85. The Hall–Kier alpha value is -0.280. The molecule has 0 aromatic heterocycles. The number of esters is 1. The lowest BCUT2D eigenvalue weighted by Crippen LogP contribution is -2.28. The average molecular weight is 238 g/mol. The number of likely N-dealkylation sites (N-methyl/N-ethyl adjacent to an activating group) is 1. The second-order valence-electron chi connectivity index (χ2n) is 3.85. The van der Waals surface area contributed by atoms with Crippen molar-refractivity contribution in [1.82, 2.24) is 4.90 Å². The number of carbonyl (C=O) groups excluding carboxylic acids is 1. The number of rotatable bonds is 7. The van der Waals surface area contributed by atoms with Gasteiger partial charge in [0.05, 0.1) is 0 Å². The maximum atomic E-state index is 11.2. The van der Waals surface area contributed by atoms with E-state index < -0.39 is 0 Å². The van der Waals surface area contributed by atoms with E-state index >= 15 is 0 Å². The minimum atomic E-state index is -0.0767. The molecule has 0 radical (unpaired) electrons. The van der Waals surface area contributed by atoms with Crippen LogP contribution in [0.5, 0.6) is 0 Å². The van der Waals surface area contributed by atoms with Gasteiger partial charge in [-0.05, 0) is 19.0 Å². The summed E-state index contributed by atoms with van der Waals surface area (Å²) in [5.74, 6) is 0.308. The van der Waals surface area contributed by atoms with Crippen LogP contribution in [-0.4, -0.2) is 37.1 Å². The Labute approximate surface area is 99.6 Å². The maximum absolute atomic E-state index is 11.2. The van der Waals surface area contributed by atoms with Crippen LogP contribution in [0.1, 0.15) is 34.1 Å². The number of hydrogen-bond acceptors (Lipinski definition) is 3. The van der Waals surface area contributed by atoms with E-state index in [1.807, 2.05) is 13.8 Å². The van der Waals surface area contributed by atoms with Crippen LogP contribution in [0.3, 0.4) is 0 Å². The van der Waals surface area contributed by atoms with Gasteiger partial charge in [0, 0.05) is 13.0 Å². The van der Waals surface area contributed by atoms with Gasteiger partial charge in [0.1, 0.15) is 6.61 Å². The molecule has 0 saturated carbocycles. The molecule has 0 heterocycles. The standard InChI is InChI=1S/C11H23NO2.ClH/c1-5-12(6-2)7-8-14-11(13)9-10(3)4;/h10H,5-9H2,1-4H3;1H. The van der Waals surface area contributed by atoms with Crippen molar-refractivity contribution < 1.29 is 9.53 Å². The van der Waals surface area contributed by atoms with Gasteiger partial charge in [0.2, 0.25) is 0 Å². The largest absolute Gasteiger partial charge is 0.464 e. The lowest BCUT2D eigenvalue weighted by atomic mass is 10.1. The van der Waals surface area contributed by atoms with Crippen molar-refractivity contribution >= 4 is 18.4 Å². The van der Waals surface area contributed by atoms with Crippen molar-refractivity contribution in [3.63, 3.8) is 0 Å². The zero-order chi connectivity index (χ0) is 11.0. The van der Waals surface area contributed by atoms with Gasteiger partial charge in [-0.1, -0.05) is 27.7 Å². The minimum Gasteiger partial charge on any atom is -0.464 e. The number of halogens is 1. The second-order valence-corrected chi connectivity index (χ2v) is 3.85. The van der Waals surface area contributed by atoms with E-state index in [-0.39, 0.29) is 18.4 Å². The highest BCUT2D eigenvalue weighted by Crippen LogP contribution is 2.00. The van der Waals surface area contributed by atoms with Crippen LogP contribution in [0.2, 0.25) is 0 Å². The summed E-state index contributed by atoms with van der Waals surface area (Å²) in [6, 6.07) is 0. The average Bonchev–Trinajstić information content (AvgIpc) is 2.11. The summed E-state index contributed by atoms with van der Waals surface area (Å²) in [5.41, 5.74) is 0. The van der Waals surface area contributed by atoms with Crippen LogP contribution in [0.4, 0.5) is 0 Å². The van der Waals surface area contributed by atoms with E-state index in [1.165, 1.54) is 0 Å². The number of hydrogen-bond donors (Lipinski definition) is 0. The van der Waals surface area contributed by atoms with Crippen LogP contribution in [0.15, 0.2) is 0 Å². The molecule has 0 aliphatic carbocycles. The van der Waals surface area contributed by atoms with E-state index in [1.54, 1.807) is 0 Å². The molecule has 0 fully saturated rings. The summed E-state index contributed by atoms with van der Waals surface area (Å²) in [7, 11) is 0. The van der Waals surface area contributed by atoms with Crippen LogP contribution >= 0.6 is 12.4 Å². The summed E-state index contributed by atoms with van der Waals surface area (Å²) < 4.78 is 5.11.